The molecule has 3 rings (SSSR count). The van der Waals surface area contributed by atoms with Crippen LogP contribution in [0.3, 0.4) is 0 Å². The topological polar surface area (TPSA) is 119 Å². The molecule has 1 atom stereocenters. The first kappa shape index (κ1) is 23.3. The van der Waals surface area contributed by atoms with Crippen molar-refractivity contribution >= 4 is 24.9 Å². The Morgan fingerprint density at radius 3 is 2.48 bits per heavy atom. The van der Waals surface area contributed by atoms with E-state index in [4.69, 9.17) is 20.3 Å². The van der Waals surface area contributed by atoms with Crippen molar-refractivity contribution in [1.82, 2.24) is 0 Å². The number of hydrogen-bond donors (Lipinski definition) is 3. The highest BCUT2D eigenvalue weighted by atomic mass is 32.1. The number of Topliss-reactive ketones (excluding diaryl/α,β-unsaturated/α-hetero) is 1. The fraction of sp³-hybridized carbons (Fsp3) is 0.227. The summed E-state index contributed by atoms with van der Waals surface area (Å²) in [7, 11) is -4.71. The Labute approximate surface area is 184 Å². The molecule has 7 nitrogen and oxygen atoms in total. The first-order chi connectivity index (χ1) is 14.6. The van der Waals surface area contributed by atoms with Crippen LogP contribution < -0.4 is 10.5 Å². The Balaban J connectivity index is 1.78. The monoisotopic (exact) mass is 461 g/mol. The summed E-state index contributed by atoms with van der Waals surface area (Å²) in [5.74, 6) is 0.305. The summed E-state index contributed by atoms with van der Waals surface area (Å²) < 4.78 is 21.4. The summed E-state index contributed by atoms with van der Waals surface area (Å²) in [5, 5.41) is 1.96. The summed E-state index contributed by atoms with van der Waals surface area (Å²) in [6, 6.07) is 19.2. The SMILES string of the molecule is C[C@@](N)(COP(=O)(O)O)C(=O)Cc1ccc(OCc2ccccc2)c(-c2cccs2)c1. The summed E-state index contributed by atoms with van der Waals surface area (Å²) >= 11 is 1.56. The summed E-state index contributed by atoms with van der Waals surface area (Å²) in [5.41, 5.74) is 7.04. The molecule has 0 aliphatic rings. The quantitative estimate of drug-likeness (QED) is 0.391. The molecule has 0 saturated carbocycles. The highest BCUT2D eigenvalue weighted by Crippen LogP contribution is 2.37. The van der Waals surface area contributed by atoms with Gasteiger partial charge in [0.25, 0.3) is 0 Å². The minimum atomic E-state index is -4.71. The van der Waals surface area contributed by atoms with Crippen molar-refractivity contribution in [3.05, 3.63) is 77.2 Å². The Hall–Kier alpha value is -2.32. The lowest BCUT2D eigenvalue weighted by Gasteiger charge is -2.23. The molecule has 1 heterocycles. The van der Waals surface area contributed by atoms with Crippen molar-refractivity contribution in [3.8, 4) is 16.2 Å². The Kier molecular flexibility index (Phi) is 7.43. The van der Waals surface area contributed by atoms with Gasteiger partial charge in [0, 0.05) is 16.9 Å². The molecule has 0 aliphatic carbocycles. The number of rotatable bonds is 10. The molecule has 0 amide bonds. The highest BCUT2D eigenvalue weighted by Gasteiger charge is 2.31. The second-order valence-corrected chi connectivity index (χ2v) is 9.55. The first-order valence-electron chi connectivity index (χ1n) is 9.50. The standard InChI is InChI=1S/C22H24NO6PS/c1-22(23,15-29-30(25,26)27)21(24)13-17-9-10-19(18(12-17)20-8-5-11-31-20)28-14-16-6-3-2-4-7-16/h2-12H,13-15,23H2,1H3,(H2,25,26,27)/t22-/m1/s1. The molecular weight excluding hydrogens is 437 g/mol. The maximum atomic E-state index is 12.7. The predicted octanol–water partition coefficient (Wildman–Crippen LogP) is 3.93. The Morgan fingerprint density at radius 2 is 1.84 bits per heavy atom. The number of nitrogens with two attached hydrogens (primary N) is 1. The lowest BCUT2D eigenvalue weighted by molar-refractivity contribution is -0.124. The molecule has 3 aromatic rings. The number of benzene rings is 2. The lowest BCUT2D eigenvalue weighted by Crippen LogP contribution is -2.49. The Bertz CT molecular complexity index is 1060. The van der Waals surface area contributed by atoms with E-state index in [2.05, 4.69) is 4.52 Å². The fourth-order valence-electron chi connectivity index (χ4n) is 2.86. The van der Waals surface area contributed by atoms with E-state index in [9.17, 15) is 9.36 Å². The van der Waals surface area contributed by atoms with E-state index in [0.717, 1.165) is 16.0 Å². The van der Waals surface area contributed by atoms with Crippen molar-refractivity contribution in [2.45, 2.75) is 25.5 Å². The zero-order valence-corrected chi connectivity index (χ0v) is 18.6. The van der Waals surface area contributed by atoms with Crippen LogP contribution in [0.1, 0.15) is 18.1 Å². The van der Waals surface area contributed by atoms with Gasteiger partial charge in [0.2, 0.25) is 0 Å². The molecule has 0 bridgehead atoms. The molecule has 2 aromatic carbocycles. The minimum Gasteiger partial charge on any atom is -0.488 e. The molecule has 0 fully saturated rings. The van der Waals surface area contributed by atoms with Crippen LogP contribution in [0.25, 0.3) is 10.4 Å². The van der Waals surface area contributed by atoms with Gasteiger partial charge in [0.1, 0.15) is 12.4 Å². The molecule has 0 radical (unpaired) electrons. The Morgan fingerprint density at radius 1 is 1.10 bits per heavy atom. The van der Waals surface area contributed by atoms with Gasteiger partial charge in [-0.3, -0.25) is 9.32 Å². The molecule has 1 aromatic heterocycles. The molecule has 164 valence electrons. The average Bonchev–Trinajstić information content (AvgIpc) is 3.26. The van der Waals surface area contributed by atoms with E-state index in [1.165, 1.54) is 6.92 Å². The number of ether oxygens (including phenoxy) is 1. The summed E-state index contributed by atoms with van der Waals surface area (Å²) in [6.07, 6.45) is -0.00510. The van der Waals surface area contributed by atoms with Crippen LogP contribution in [-0.2, 0) is 26.9 Å². The first-order valence-corrected chi connectivity index (χ1v) is 11.9. The molecule has 4 N–H and O–H groups in total. The van der Waals surface area contributed by atoms with E-state index in [0.29, 0.717) is 17.9 Å². The van der Waals surface area contributed by atoms with Crippen LogP contribution in [0.15, 0.2) is 66.0 Å². The number of hydrogen-bond acceptors (Lipinski definition) is 6. The highest BCUT2D eigenvalue weighted by molar-refractivity contribution is 7.46. The molecule has 0 spiro atoms. The molecule has 0 unspecified atom stereocenters. The number of thiophene rings is 1. The van der Waals surface area contributed by atoms with E-state index in [1.807, 2.05) is 60.0 Å². The molecule has 0 aliphatic heterocycles. The van der Waals surface area contributed by atoms with Crippen LogP contribution in [0, 0.1) is 0 Å². The van der Waals surface area contributed by atoms with Gasteiger partial charge in [-0.1, -0.05) is 42.5 Å². The van der Waals surface area contributed by atoms with Crippen LogP contribution >= 0.6 is 19.2 Å². The normalized spacial score (nSPS) is 13.5. The van der Waals surface area contributed by atoms with E-state index in [-0.39, 0.29) is 6.42 Å². The zero-order chi connectivity index (χ0) is 22.5. The van der Waals surface area contributed by atoms with Crippen LogP contribution in [0.2, 0.25) is 0 Å². The number of carbonyl (C=O) groups is 1. The third-order valence-electron chi connectivity index (χ3n) is 4.60. The third-order valence-corrected chi connectivity index (χ3v) is 5.97. The zero-order valence-electron chi connectivity index (χ0n) is 16.9. The van der Waals surface area contributed by atoms with Gasteiger partial charge in [-0.05, 0) is 41.6 Å². The fourth-order valence-corrected chi connectivity index (χ4v) is 4.04. The van der Waals surface area contributed by atoms with E-state index in [1.54, 1.807) is 17.4 Å². The van der Waals surface area contributed by atoms with Crippen LogP contribution in [0.5, 0.6) is 5.75 Å². The van der Waals surface area contributed by atoms with Crippen molar-refractivity contribution in [3.63, 3.8) is 0 Å². The second kappa shape index (κ2) is 9.87. The smallest absolute Gasteiger partial charge is 0.469 e. The number of phosphoric acid groups is 1. The van der Waals surface area contributed by atoms with E-state index >= 15 is 0 Å². The minimum absolute atomic E-state index is 0.00510. The number of phosphoric ester groups is 1. The average molecular weight is 461 g/mol. The van der Waals surface area contributed by atoms with Gasteiger partial charge in [0.05, 0.1) is 12.1 Å². The largest absolute Gasteiger partial charge is 0.488 e. The number of carbonyl (C=O) groups excluding carboxylic acids is 1. The lowest BCUT2D eigenvalue weighted by atomic mass is 9.93. The van der Waals surface area contributed by atoms with Crippen molar-refractivity contribution < 1.29 is 28.4 Å². The predicted molar refractivity (Wildman–Crippen MR) is 120 cm³/mol. The summed E-state index contributed by atoms with van der Waals surface area (Å²) in [6.45, 7) is 1.23. The van der Waals surface area contributed by atoms with Gasteiger partial charge < -0.3 is 20.3 Å². The van der Waals surface area contributed by atoms with Gasteiger partial charge in [-0.15, -0.1) is 11.3 Å². The maximum Gasteiger partial charge on any atom is 0.469 e. The van der Waals surface area contributed by atoms with Gasteiger partial charge in [-0.2, -0.15) is 0 Å². The van der Waals surface area contributed by atoms with Gasteiger partial charge >= 0.3 is 7.82 Å². The molecule has 31 heavy (non-hydrogen) atoms. The molecular formula is C22H24NO6PS. The molecule has 9 heteroatoms. The molecule has 0 saturated heterocycles. The second-order valence-electron chi connectivity index (χ2n) is 7.36. The van der Waals surface area contributed by atoms with Crippen LogP contribution in [0.4, 0.5) is 0 Å². The van der Waals surface area contributed by atoms with Gasteiger partial charge in [0.15, 0.2) is 5.78 Å². The third kappa shape index (κ3) is 6.83. The van der Waals surface area contributed by atoms with Crippen molar-refractivity contribution in [2.75, 3.05) is 6.61 Å². The van der Waals surface area contributed by atoms with Crippen molar-refractivity contribution in [2.24, 2.45) is 5.73 Å². The van der Waals surface area contributed by atoms with Crippen molar-refractivity contribution in [1.29, 1.82) is 0 Å². The summed E-state index contributed by atoms with van der Waals surface area (Å²) in [4.78, 5) is 31.4. The maximum absolute atomic E-state index is 12.7. The van der Waals surface area contributed by atoms with Gasteiger partial charge in [-0.25, -0.2) is 4.57 Å². The van der Waals surface area contributed by atoms with Crippen LogP contribution in [-0.4, -0.2) is 27.7 Å². The van der Waals surface area contributed by atoms with E-state index < -0.39 is 25.8 Å². The number of ketones is 1.